The van der Waals surface area contributed by atoms with Gasteiger partial charge in [-0.3, -0.25) is 0 Å². The summed E-state index contributed by atoms with van der Waals surface area (Å²) in [7, 11) is 1.78. The molecule has 0 aliphatic heterocycles. The third kappa shape index (κ3) is 3.11. The van der Waals surface area contributed by atoms with E-state index in [9.17, 15) is 8.78 Å². The Kier molecular flexibility index (Phi) is 4.29. The maximum absolute atomic E-state index is 13.2. The molecule has 1 atom stereocenters. The minimum absolute atomic E-state index is 0.148. The summed E-state index contributed by atoms with van der Waals surface area (Å²) in [5.74, 6) is -0.724. The van der Waals surface area contributed by atoms with Gasteiger partial charge in [-0.15, -0.1) is 0 Å². The van der Waals surface area contributed by atoms with Crippen LogP contribution >= 0.6 is 0 Å². The molecule has 20 heavy (non-hydrogen) atoms. The number of aryl methyl sites for hydroxylation is 1. The molecule has 0 aliphatic carbocycles. The number of hydrogen-bond acceptors (Lipinski definition) is 3. The second-order valence-electron chi connectivity index (χ2n) is 4.75. The maximum atomic E-state index is 13.2. The van der Waals surface area contributed by atoms with Crippen LogP contribution in [0.3, 0.4) is 0 Å². The Morgan fingerprint density at radius 3 is 2.45 bits per heavy atom. The molecule has 0 saturated heterocycles. The number of aromatic nitrogens is 1. The Bertz CT molecular complexity index is 574. The van der Waals surface area contributed by atoms with Crippen LogP contribution in [0.25, 0.3) is 0 Å². The Hall–Kier alpha value is -2.01. The predicted octanol–water partition coefficient (Wildman–Crippen LogP) is 2.75. The number of pyridine rings is 1. The lowest BCUT2D eigenvalue weighted by Gasteiger charge is -2.20. The summed E-state index contributed by atoms with van der Waals surface area (Å²) in [5.41, 5.74) is 8.34. The fourth-order valence-corrected chi connectivity index (χ4v) is 2.36. The van der Waals surface area contributed by atoms with Crippen molar-refractivity contribution in [3.63, 3.8) is 0 Å². The van der Waals surface area contributed by atoms with Crippen LogP contribution in [0.15, 0.2) is 30.5 Å². The summed E-state index contributed by atoms with van der Waals surface area (Å²) < 4.78 is 26.5. The molecule has 0 aliphatic rings. The lowest BCUT2D eigenvalue weighted by atomic mass is 9.96. The molecule has 2 rings (SSSR count). The van der Waals surface area contributed by atoms with Gasteiger partial charge in [0.25, 0.3) is 0 Å². The highest BCUT2D eigenvalue weighted by Gasteiger charge is 2.17. The summed E-state index contributed by atoms with van der Waals surface area (Å²) in [6.45, 7) is 1.93. The Morgan fingerprint density at radius 1 is 1.25 bits per heavy atom. The monoisotopic (exact) mass is 277 g/mol. The zero-order chi connectivity index (χ0) is 14.7. The van der Waals surface area contributed by atoms with Crippen LogP contribution in [0.1, 0.15) is 22.7 Å². The van der Waals surface area contributed by atoms with Gasteiger partial charge in [0.1, 0.15) is 17.5 Å². The van der Waals surface area contributed by atoms with Gasteiger partial charge in [0.15, 0.2) is 0 Å². The molecule has 0 amide bonds. The average molecular weight is 277 g/mol. The number of halogens is 2. The average Bonchev–Trinajstić information content (AvgIpc) is 2.36. The molecule has 2 aromatic rings. The SMILES string of the molecule is CNC(Cc1cc(F)cc(F)c1)c1c(C)ccnc1N. The van der Waals surface area contributed by atoms with Crippen molar-refractivity contribution in [1.82, 2.24) is 10.3 Å². The minimum Gasteiger partial charge on any atom is -0.383 e. The van der Waals surface area contributed by atoms with Crippen molar-refractivity contribution in [3.05, 3.63) is 58.8 Å². The van der Waals surface area contributed by atoms with Gasteiger partial charge >= 0.3 is 0 Å². The summed E-state index contributed by atoms with van der Waals surface area (Å²) in [6, 6.07) is 5.24. The van der Waals surface area contributed by atoms with Gasteiger partial charge in [-0.05, 0) is 49.7 Å². The number of nitrogens with one attached hydrogen (secondary N) is 1. The van der Waals surface area contributed by atoms with Crippen LogP contribution in [0.2, 0.25) is 0 Å². The molecular formula is C15H17F2N3. The van der Waals surface area contributed by atoms with Gasteiger partial charge in [0.2, 0.25) is 0 Å². The van der Waals surface area contributed by atoms with E-state index in [0.717, 1.165) is 17.2 Å². The molecule has 1 aromatic carbocycles. The molecule has 3 nitrogen and oxygen atoms in total. The van der Waals surface area contributed by atoms with Crippen molar-refractivity contribution in [2.45, 2.75) is 19.4 Å². The fraction of sp³-hybridized carbons (Fsp3) is 0.267. The van der Waals surface area contributed by atoms with E-state index in [-0.39, 0.29) is 6.04 Å². The van der Waals surface area contributed by atoms with Crippen molar-refractivity contribution in [3.8, 4) is 0 Å². The van der Waals surface area contributed by atoms with Crippen molar-refractivity contribution in [2.24, 2.45) is 0 Å². The van der Waals surface area contributed by atoms with Crippen LogP contribution < -0.4 is 11.1 Å². The molecule has 0 saturated carbocycles. The van der Waals surface area contributed by atoms with Crippen LogP contribution in [0, 0.1) is 18.6 Å². The number of anilines is 1. The fourth-order valence-electron chi connectivity index (χ4n) is 2.36. The molecule has 1 unspecified atom stereocenters. The molecule has 0 fully saturated rings. The van der Waals surface area contributed by atoms with Gasteiger partial charge in [-0.25, -0.2) is 13.8 Å². The molecule has 1 aromatic heterocycles. The summed E-state index contributed by atoms with van der Waals surface area (Å²) in [5, 5.41) is 3.12. The molecule has 0 bridgehead atoms. The first-order valence-electron chi connectivity index (χ1n) is 6.34. The van der Waals surface area contributed by atoms with E-state index in [1.165, 1.54) is 12.1 Å². The second-order valence-corrected chi connectivity index (χ2v) is 4.75. The molecule has 106 valence electrons. The van der Waals surface area contributed by atoms with E-state index in [2.05, 4.69) is 10.3 Å². The number of nitrogen functional groups attached to an aromatic ring is 1. The zero-order valence-electron chi connectivity index (χ0n) is 11.5. The van der Waals surface area contributed by atoms with E-state index in [0.29, 0.717) is 17.8 Å². The molecule has 5 heteroatoms. The number of rotatable bonds is 4. The highest BCUT2D eigenvalue weighted by Crippen LogP contribution is 2.26. The second kappa shape index (κ2) is 5.96. The van der Waals surface area contributed by atoms with Crippen molar-refractivity contribution in [2.75, 3.05) is 12.8 Å². The van der Waals surface area contributed by atoms with Gasteiger partial charge < -0.3 is 11.1 Å². The van der Waals surface area contributed by atoms with Crippen LogP contribution in [-0.2, 0) is 6.42 Å². The summed E-state index contributed by atoms with van der Waals surface area (Å²) in [4.78, 5) is 4.08. The molecular weight excluding hydrogens is 260 g/mol. The Labute approximate surface area is 116 Å². The minimum atomic E-state index is -0.578. The van der Waals surface area contributed by atoms with Crippen molar-refractivity contribution in [1.29, 1.82) is 0 Å². The third-order valence-electron chi connectivity index (χ3n) is 3.30. The maximum Gasteiger partial charge on any atom is 0.128 e. The molecule has 3 N–H and O–H groups in total. The highest BCUT2D eigenvalue weighted by atomic mass is 19.1. The number of nitrogens with two attached hydrogens (primary N) is 1. The standard InChI is InChI=1S/C15H17F2N3/c1-9-3-4-20-15(18)14(9)13(19-2)7-10-5-11(16)8-12(17)6-10/h3-6,8,13,19H,7H2,1-2H3,(H2,18,20). The van der Waals surface area contributed by atoms with Crippen LogP contribution in [-0.4, -0.2) is 12.0 Å². The topological polar surface area (TPSA) is 50.9 Å². The largest absolute Gasteiger partial charge is 0.383 e. The quantitative estimate of drug-likeness (QED) is 0.903. The van der Waals surface area contributed by atoms with E-state index in [4.69, 9.17) is 5.73 Å². The van der Waals surface area contributed by atoms with Crippen molar-refractivity contribution >= 4 is 5.82 Å². The summed E-state index contributed by atoms with van der Waals surface area (Å²) >= 11 is 0. The van der Waals surface area contributed by atoms with Gasteiger partial charge in [-0.2, -0.15) is 0 Å². The number of nitrogens with zero attached hydrogens (tertiary/aromatic N) is 1. The molecule has 0 spiro atoms. The Balaban J connectivity index is 2.34. The molecule has 0 radical (unpaired) electrons. The Morgan fingerprint density at radius 2 is 1.90 bits per heavy atom. The first-order valence-corrected chi connectivity index (χ1v) is 6.34. The summed E-state index contributed by atoms with van der Waals surface area (Å²) in [6.07, 6.45) is 2.07. The lowest BCUT2D eigenvalue weighted by Crippen LogP contribution is -2.21. The number of benzene rings is 1. The first-order chi connectivity index (χ1) is 9.51. The predicted molar refractivity (Wildman–Crippen MR) is 75.2 cm³/mol. The molecule has 1 heterocycles. The van der Waals surface area contributed by atoms with Crippen LogP contribution in [0.5, 0.6) is 0 Å². The van der Waals surface area contributed by atoms with Crippen molar-refractivity contribution < 1.29 is 8.78 Å². The van der Waals surface area contributed by atoms with Crippen LogP contribution in [0.4, 0.5) is 14.6 Å². The van der Waals surface area contributed by atoms with E-state index in [1.54, 1.807) is 13.2 Å². The number of hydrogen-bond donors (Lipinski definition) is 2. The lowest BCUT2D eigenvalue weighted by molar-refractivity contribution is 0.561. The number of likely N-dealkylation sites (N-methyl/N-ethyl adjacent to an activating group) is 1. The van der Waals surface area contributed by atoms with Gasteiger partial charge in [0, 0.05) is 23.9 Å². The normalized spacial score (nSPS) is 12.4. The van der Waals surface area contributed by atoms with E-state index >= 15 is 0 Å². The highest BCUT2D eigenvalue weighted by molar-refractivity contribution is 5.46. The zero-order valence-corrected chi connectivity index (χ0v) is 11.5. The smallest absolute Gasteiger partial charge is 0.128 e. The van der Waals surface area contributed by atoms with Gasteiger partial charge in [0.05, 0.1) is 0 Å². The first kappa shape index (κ1) is 14.4. The third-order valence-corrected chi connectivity index (χ3v) is 3.30. The van der Waals surface area contributed by atoms with E-state index in [1.807, 2.05) is 13.0 Å². The van der Waals surface area contributed by atoms with E-state index < -0.39 is 11.6 Å². The van der Waals surface area contributed by atoms with Gasteiger partial charge in [-0.1, -0.05) is 0 Å².